The maximum Gasteiger partial charge on any atom is 0.414 e. The number of ether oxygens (including phenoxy) is 2. The van der Waals surface area contributed by atoms with Gasteiger partial charge in [0.2, 0.25) is 0 Å². The quantitative estimate of drug-likeness (QED) is 0.535. The lowest BCUT2D eigenvalue weighted by Crippen LogP contribution is -2.23. The molecule has 0 bridgehead atoms. The number of aliphatic hydroxyl groups excluding tert-OH is 1. The lowest BCUT2D eigenvalue weighted by atomic mass is 9.95. The van der Waals surface area contributed by atoms with E-state index >= 15 is 0 Å². The van der Waals surface area contributed by atoms with E-state index in [1.54, 1.807) is 27.9 Å². The second kappa shape index (κ2) is 8.68. The van der Waals surface area contributed by atoms with Gasteiger partial charge in [0.05, 0.1) is 30.1 Å². The summed E-state index contributed by atoms with van der Waals surface area (Å²) >= 11 is 0. The van der Waals surface area contributed by atoms with Crippen LogP contribution in [0.4, 0.5) is 10.5 Å². The molecule has 2 N–H and O–H groups in total. The third-order valence-corrected chi connectivity index (χ3v) is 6.04. The lowest BCUT2D eigenvalue weighted by molar-refractivity contribution is 0.0535. The predicted molar refractivity (Wildman–Crippen MR) is 119 cm³/mol. The second-order valence-electron chi connectivity index (χ2n) is 8.11. The fourth-order valence-corrected chi connectivity index (χ4v) is 4.22. The first-order valence-electron chi connectivity index (χ1n) is 10.8. The molecule has 1 fully saturated rings. The van der Waals surface area contributed by atoms with Crippen LogP contribution in [0.15, 0.2) is 48.8 Å². The maximum atomic E-state index is 11.8. The summed E-state index contributed by atoms with van der Waals surface area (Å²) in [6.45, 7) is 3.97. The van der Waals surface area contributed by atoms with Gasteiger partial charge >= 0.3 is 12.1 Å². The van der Waals surface area contributed by atoms with E-state index in [-0.39, 0.29) is 18.7 Å². The Morgan fingerprint density at radius 1 is 1.18 bits per heavy atom. The van der Waals surface area contributed by atoms with Crippen molar-refractivity contribution in [3.63, 3.8) is 0 Å². The largest absolute Gasteiger partial charge is 0.457 e. The van der Waals surface area contributed by atoms with E-state index < -0.39 is 6.10 Å². The van der Waals surface area contributed by atoms with Crippen molar-refractivity contribution in [2.24, 2.45) is 0 Å². The monoisotopic (exact) mass is 448 g/mol. The topological polar surface area (TPSA) is 106 Å². The number of aromatic nitrogens is 2. The molecular formula is C24H24N4O5. The molecule has 2 aliphatic heterocycles. The first-order valence-corrected chi connectivity index (χ1v) is 10.8. The van der Waals surface area contributed by atoms with Crippen LogP contribution in [0.25, 0.3) is 5.69 Å². The highest BCUT2D eigenvalue weighted by atomic mass is 16.6. The number of nitrogens with one attached hydrogen (secondary N) is 1. The van der Waals surface area contributed by atoms with Gasteiger partial charge in [-0.1, -0.05) is 12.1 Å². The first kappa shape index (κ1) is 21.2. The van der Waals surface area contributed by atoms with Gasteiger partial charge in [0.1, 0.15) is 13.2 Å². The summed E-state index contributed by atoms with van der Waals surface area (Å²) in [4.78, 5) is 25.1. The van der Waals surface area contributed by atoms with Gasteiger partial charge in [-0.2, -0.15) is 5.10 Å². The summed E-state index contributed by atoms with van der Waals surface area (Å²) in [5.74, 6) is -0.310. The van der Waals surface area contributed by atoms with Crippen molar-refractivity contribution in [2.75, 3.05) is 24.6 Å². The maximum absolute atomic E-state index is 11.8. The molecule has 1 unspecified atom stereocenters. The Hall–Kier alpha value is -3.69. The van der Waals surface area contributed by atoms with Crippen LogP contribution in [0, 0.1) is 6.92 Å². The zero-order valence-corrected chi connectivity index (χ0v) is 18.2. The smallest absolute Gasteiger partial charge is 0.414 e. The predicted octanol–water partition coefficient (Wildman–Crippen LogP) is 2.63. The van der Waals surface area contributed by atoms with Crippen molar-refractivity contribution in [2.45, 2.75) is 26.2 Å². The van der Waals surface area contributed by atoms with Gasteiger partial charge in [0.15, 0.2) is 0 Å². The number of hydrogen-bond acceptors (Lipinski definition) is 7. The minimum atomic E-state index is -0.710. The van der Waals surface area contributed by atoms with Crippen molar-refractivity contribution in [1.29, 1.82) is 0 Å². The molecule has 5 rings (SSSR count). The van der Waals surface area contributed by atoms with Crippen LogP contribution in [-0.4, -0.2) is 46.6 Å². The summed E-state index contributed by atoms with van der Waals surface area (Å²) in [6.07, 6.45) is 2.62. The molecule has 3 heterocycles. The zero-order chi connectivity index (χ0) is 22.9. The third-order valence-electron chi connectivity index (χ3n) is 6.04. The van der Waals surface area contributed by atoms with E-state index in [0.29, 0.717) is 31.8 Å². The van der Waals surface area contributed by atoms with Crippen LogP contribution < -0.4 is 10.2 Å². The Morgan fingerprint density at radius 3 is 2.85 bits per heavy atom. The molecule has 0 radical (unpaired) electrons. The second-order valence-corrected chi connectivity index (χ2v) is 8.11. The molecule has 9 nitrogen and oxygen atoms in total. The Balaban J connectivity index is 1.21. The highest BCUT2D eigenvalue weighted by Gasteiger charge is 2.26. The molecule has 2 aliphatic rings. The van der Waals surface area contributed by atoms with Crippen LogP contribution in [0.2, 0.25) is 0 Å². The molecule has 170 valence electrons. The minimum absolute atomic E-state index is 0.257. The summed E-state index contributed by atoms with van der Waals surface area (Å²) in [6, 6.07) is 11.1. The Kier molecular flexibility index (Phi) is 5.57. The molecule has 9 heteroatoms. The van der Waals surface area contributed by atoms with Gasteiger partial charge in [-0.15, -0.1) is 0 Å². The Bertz CT molecular complexity index is 1220. The number of nitrogens with zero attached hydrogens (tertiary/aromatic N) is 3. The fourth-order valence-electron chi connectivity index (χ4n) is 4.22. The van der Waals surface area contributed by atoms with Crippen molar-refractivity contribution < 1.29 is 24.2 Å². The van der Waals surface area contributed by atoms with Gasteiger partial charge in [0.25, 0.3) is 0 Å². The molecule has 0 spiro atoms. The van der Waals surface area contributed by atoms with Crippen molar-refractivity contribution in [3.05, 3.63) is 76.6 Å². The number of benzene rings is 2. The van der Waals surface area contributed by atoms with E-state index in [1.165, 1.54) is 0 Å². The van der Waals surface area contributed by atoms with Gasteiger partial charge in [0, 0.05) is 36.1 Å². The Morgan fingerprint density at radius 2 is 2.03 bits per heavy atom. The number of aliphatic hydroxyl groups is 1. The number of hydrogen-bond donors (Lipinski definition) is 2. The highest BCUT2D eigenvalue weighted by molar-refractivity contribution is 5.94. The van der Waals surface area contributed by atoms with Crippen molar-refractivity contribution >= 4 is 17.7 Å². The molecule has 1 amide bonds. The van der Waals surface area contributed by atoms with Crippen LogP contribution in [-0.2, 0) is 22.6 Å². The zero-order valence-electron chi connectivity index (χ0n) is 18.2. The number of anilines is 1. The van der Waals surface area contributed by atoms with E-state index in [1.807, 2.05) is 37.4 Å². The molecule has 33 heavy (non-hydrogen) atoms. The summed E-state index contributed by atoms with van der Waals surface area (Å²) < 4.78 is 11.9. The third kappa shape index (κ3) is 4.08. The minimum Gasteiger partial charge on any atom is -0.457 e. The number of amides is 1. The molecule has 0 aliphatic carbocycles. The molecule has 1 atom stereocenters. The Labute approximate surface area is 190 Å². The number of esters is 1. The molecule has 0 saturated carbocycles. The van der Waals surface area contributed by atoms with Crippen molar-refractivity contribution in [3.8, 4) is 5.69 Å². The lowest BCUT2D eigenvalue weighted by Gasteiger charge is -2.16. The fraction of sp³-hybridized carbons (Fsp3) is 0.292. The number of cyclic esters (lactones) is 2. The average molecular weight is 448 g/mol. The summed E-state index contributed by atoms with van der Waals surface area (Å²) in [5.41, 5.74) is 5.67. The standard InChI is InChI=1S/C24H24N4O5/c1-15-19(5-6-20-21(15)14-33-23(20)30)22(29)12-25-10-16-11-26-28(13-16)18-4-2-3-17(9-18)27-7-8-32-24(27)31/h2-6,9,11,13,22,25,29H,7-8,10,12,14H2,1H3. The first-order chi connectivity index (χ1) is 16.0. The van der Waals surface area contributed by atoms with Crippen LogP contribution in [0.1, 0.15) is 38.7 Å². The highest BCUT2D eigenvalue weighted by Crippen LogP contribution is 2.29. The SMILES string of the molecule is Cc1c(C(O)CNCc2cnn(-c3cccc(N4CCOC4=O)c3)c2)ccc2c1COC2=O. The van der Waals surface area contributed by atoms with E-state index in [0.717, 1.165) is 33.6 Å². The molecule has 2 aromatic carbocycles. The van der Waals surface area contributed by atoms with E-state index in [2.05, 4.69) is 10.4 Å². The molecule has 1 aromatic heterocycles. The summed E-state index contributed by atoms with van der Waals surface area (Å²) in [7, 11) is 0. The van der Waals surface area contributed by atoms with Crippen LogP contribution in [0.5, 0.6) is 0 Å². The van der Waals surface area contributed by atoms with Crippen LogP contribution >= 0.6 is 0 Å². The van der Waals surface area contributed by atoms with Gasteiger partial charge in [-0.3, -0.25) is 4.90 Å². The molecule has 1 saturated heterocycles. The van der Waals surface area contributed by atoms with E-state index in [4.69, 9.17) is 9.47 Å². The van der Waals surface area contributed by atoms with Gasteiger partial charge in [-0.25, -0.2) is 14.3 Å². The number of carbonyl (C=O) groups is 2. The summed E-state index contributed by atoms with van der Waals surface area (Å²) in [5, 5.41) is 18.3. The number of rotatable bonds is 7. The molecule has 3 aromatic rings. The normalized spacial score (nSPS) is 16.0. The van der Waals surface area contributed by atoms with E-state index in [9.17, 15) is 14.7 Å². The van der Waals surface area contributed by atoms with Crippen LogP contribution in [0.3, 0.4) is 0 Å². The number of carbonyl (C=O) groups excluding carboxylic acids is 2. The average Bonchev–Trinajstić information content (AvgIpc) is 3.55. The molecular weight excluding hydrogens is 424 g/mol. The van der Waals surface area contributed by atoms with Gasteiger partial charge in [-0.05, 0) is 42.3 Å². The number of fused-ring (bicyclic) bond motifs is 1. The van der Waals surface area contributed by atoms with Crippen molar-refractivity contribution in [1.82, 2.24) is 15.1 Å². The van der Waals surface area contributed by atoms with Gasteiger partial charge < -0.3 is 19.9 Å².